The van der Waals surface area contributed by atoms with Crippen LogP contribution in [0.25, 0.3) is 0 Å². The van der Waals surface area contributed by atoms with E-state index in [0.717, 1.165) is 41.1 Å². The van der Waals surface area contributed by atoms with E-state index >= 15 is 0 Å². The topological polar surface area (TPSA) is 21.7 Å². The lowest BCUT2D eigenvalue weighted by atomic mass is 9.98. The molecular weight excluding hydrogens is 258 g/mol. The average molecular weight is 279 g/mol. The summed E-state index contributed by atoms with van der Waals surface area (Å²) in [5.41, 5.74) is 0.950. The average Bonchev–Trinajstić information content (AvgIpc) is 2.46. The Bertz CT molecular complexity index is 453. The van der Waals surface area contributed by atoms with E-state index in [0.29, 0.717) is 0 Å². The maximum absolute atomic E-state index is 5.63. The molecule has 19 heavy (non-hydrogen) atoms. The zero-order chi connectivity index (χ0) is 13.8. The Balaban J connectivity index is 2.22. The van der Waals surface area contributed by atoms with Gasteiger partial charge in [-0.15, -0.1) is 0 Å². The molecule has 1 aromatic carbocycles. The van der Waals surface area contributed by atoms with Gasteiger partial charge >= 0.3 is 0 Å². The van der Waals surface area contributed by atoms with Crippen molar-refractivity contribution in [3.05, 3.63) is 23.8 Å². The molecule has 1 saturated heterocycles. The fraction of sp³-hybridized carbons (Fsp3) is 0.533. The van der Waals surface area contributed by atoms with Gasteiger partial charge in [-0.1, -0.05) is 19.1 Å². The minimum Gasteiger partial charge on any atom is -0.497 e. The number of ether oxygens (including phenoxy) is 2. The number of nitrogens with zero attached hydrogens (tertiary/aromatic N) is 1. The summed E-state index contributed by atoms with van der Waals surface area (Å²) in [6, 6.07) is 5.76. The Labute approximate surface area is 120 Å². The Morgan fingerprint density at radius 2 is 1.89 bits per heavy atom. The van der Waals surface area contributed by atoms with E-state index in [9.17, 15) is 0 Å². The first-order chi connectivity index (χ1) is 9.15. The van der Waals surface area contributed by atoms with Crippen molar-refractivity contribution in [3.63, 3.8) is 0 Å². The number of rotatable bonds is 3. The molecule has 0 spiro atoms. The lowest BCUT2D eigenvalue weighted by molar-refractivity contribution is 0.283. The van der Waals surface area contributed by atoms with E-state index < -0.39 is 0 Å². The summed E-state index contributed by atoms with van der Waals surface area (Å²) >= 11 is 5.63. The van der Waals surface area contributed by atoms with Gasteiger partial charge in [0.15, 0.2) is 0 Å². The van der Waals surface area contributed by atoms with E-state index in [2.05, 4.69) is 11.8 Å². The molecule has 1 aliphatic rings. The standard InChI is InChI=1S/C15H21NO2S/c1-11-6-8-16(9-7-11)15(19)13-10-12(17-2)4-5-14(13)18-3/h4-5,10-11H,6-9H2,1-3H3. The molecule has 104 valence electrons. The van der Waals surface area contributed by atoms with Crippen LogP contribution in [0.15, 0.2) is 18.2 Å². The molecule has 0 aliphatic carbocycles. The van der Waals surface area contributed by atoms with Gasteiger partial charge in [-0.2, -0.15) is 0 Å². The highest BCUT2D eigenvalue weighted by Crippen LogP contribution is 2.27. The fourth-order valence-corrected chi connectivity index (χ4v) is 2.71. The molecule has 2 rings (SSSR count). The summed E-state index contributed by atoms with van der Waals surface area (Å²) in [5.74, 6) is 2.42. The minimum absolute atomic E-state index is 0.797. The number of benzene rings is 1. The predicted molar refractivity (Wildman–Crippen MR) is 81.2 cm³/mol. The first-order valence-corrected chi connectivity index (χ1v) is 7.08. The van der Waals surface area contributed by atoms with E-state index in [1.807, 2.05) is 18.2 Å². The molecule has 1 fully saturated rings. The van der Waals surface area contributed by atoms with Crippen LogP contribution in [0.1, 0.15) is 25.3 Å². The van der Waals surface area contributed by atoms with Gasteiger partial charge in [0, 0.05) is 13.1 Å². The second-order valence-electron chi connectivity index (χ2n) is 5.04. The molecule has 1 heterocycles. The predicted octanol–water partition coefficient (Wildman–Crippen LogP) is 3.11. The van der Waals surface area contributed by atoms with Crippen LogP contribution in [0.3, 0.4) is 0 Å². The molecule has 1 aromatic rings. The van der Waals surface area contributed by atoms with Crippen LogP contribution >= 0.6 is 12.2 Å². The highest BCUT2D eigenvalue weighted by molar-refractivity contribution is 7.80. The highest BCUT2D eigenvalue weighted by Gasteiger charge is 2.21. The monoisotopic (exact) mass is 279 g/mol. The van der Waals surface area contributed by atoms with E-state index in [4.69, 9.17) is 21.7 Å². The van der Waals surface area contributed by atoms with E-state index in [1.165, 1.54) is 12.8 Å². The van der Waals surface area contributed by atoms with Crippen LogP contribution in [-0.4, -0.2) is 37.2 Å². The van der Waals surface area contributed by atoms with Gasteiger partial charge < -0.3 is 14.4 Å². The quantitative estimate of drug-likeness (QED) is 0.793. The SMILES string of the molecule is COc1ccc(OC)c(C(=S)N2CCC(C)CC2)c1. The third-order valence-corrected chi connectivity index (χ3v) is 4.19. The van der Waals surface area contributed by atoms with Gasteiger partial charge in [-0.3, -0.25) is 0 Å². The summed E-state index contributed by atoms with van der Waals surface area (Å²) in [4.78, 5) is 3.13. The molecule has 0 bridgehead atoms. The molecule has 1 aliphatic heterocycles. The smallest absolute Gasteiger partial charge is 0.129 e. The maximum atomic E-state index is 5.63. The Hall–Kier alpha value is -1.29. The largest absolute Gasteiger partial charge is 0.497 e. The van der Waals surface area contributed by atoms with Crippen molar-refractivity contribution in [2.24, 2.45) is 5.92 Å². The summed E-state index contributed by atoms with van der Waals surface area (Å²) in [5, 5.41) is 0. The Morgan fingerprint density at radius 3 is 2.47 bits per heavy atom. The van der Waals surface area contributed by atoms with Crippen LogP contribution in [0.4, 0.5) is 0 Å². The van der Waals surface area contributed by atoms with Crippen molar-refractivity contribution in [1.82, 2.24) is 4.90 Å². The van der Waals surface area contributed by atoms with Crippen LogP contribution in [0.5, 0.6) is 11.5 Å². The molecular formula is C15H21NO2S. The number of methoxy groups -OCH3 is 2. The molecule has 0 amide bonds. The lowest BCUT2D eigenvalue weighted by Gasteiger charge is -2.32. The highest BCUT2D eigenvalue weighted by atomic mass is 32.1. The summed E-state index contributed by atoms with van der Waals surface area (Å²) in [6.45, 7) is 4.35. The van der Waals surface area contributed by atoms with Gasteiger partial charge in [0.05, 0.1) is 19.8 Å². The number of likely N-dealkylation sites (tertiary alicyclic amines) is 1. The molecule has 0 unspecified atom stereocenters. The van der Waals surface area contributed by atoms with Gasteiger partial charge in [-0.25, -0.2) is 0 Å². The van der Waals surface area contributed by atoms with Crippen LogP contribution in [-0.2, 0) is 0 Å². The van der Waals surface area contributed by atoms with Crippen molar-refractivity contribution in [2.45, 2.75) is 19.8 Å². The van der Waals surface area contributed by atoms with Crippen LogP contribution < -0.4 is 9.47 Å². The van der Waals surface area contributed by atoms with Gasteiger partial charge in [0.2, 0.25) is 0 Å². The minimum atomic E-state index is 0.797. The zero-order valence-electron chi connectivity index (χ0n) is 11.8. The third-order valence-electron chi connectivity index (χ3n) is 3.71. The molecule has 3 nitrogen and oxygen atoms in total. The second kappa shape index (κ2) is 6.24. The van der Waals surface area contributed by atoms with Crippen molar-refractivity contribution in [1.29, 1.82) is 0 Å². The van der Waals surface area contributed by atoms with Crippen LogP contribution in [0, 0.1) is 5.92 Å². The summed E-state index contributed by atoms with van der Waals surface area (Å²) in [6.07, 6.45) is 2.40. The summed E-state index contributed by atoms with van der Waals surface area (Å²) < 4.78 is 10.7. The second-order valence-corrected chi connectivity index (χ2v) is 5.43. The Morgan fingerprint density at radius 1 is 1.21 bits per heavy atom. The van der Waals surface area contributed by atoms with Crippen molar-refractivity contribution in [2.75, 3.05) is 27.3 Å². The molecule has 0 saturated carbocycles. The third kappa shape index (κ3) is 3.18. The molecule has 0 atom stereocenters. The number of piperidine rings is 1. The normalized spacial score (nSPS) is 16.3. The number of hydrogen-bond acceptors (Lipinski definition) is 3. The molecule has 0 aromatic heterocycles. The maximum Gasteiger partial charge on any atom is 0.129 e. The zero-order valence-corrected chi connectivity index (χ0v) is 12.6. The lowest BCUT2D eigenvalue weighted by Crippen LogP contribution is -2.37. The number of thiocarbonyl (C=S) groups is 1. The molecule has 0 radical (unpaired) electrons. The van der Waals surface area contributed by atoms with Gasteiger partial charge in [-0.05, 0) is 37.0 Å². The Kier molecular flexibility index (Phi) is 4.64. The summed E-state index contributed by atoms with van der Waals surface area (Å²) in [7, 11) is 3.34. The number of hydrogen-bond donors (Lipinski definition) is 0. The first-order valence-electron chi connectivity index (χ1n) is 6.67. The molecule has 4 heteroatoms. The van der Waals surface area contributed by atoms with Gasteiger partial charge in [0.25, 0.3) is 0 Å². The fourth-order valence-electron chi connectivity index (χ4n) is 2.36. The van der Waals surface area contributed by atoms with Crippen LogP contribution in [0.2, 0.25) is 0 Å². The van der Waals surface area contributed by atoms with E-state index in [1.54, 1.807) is 14.2 Å². The first kappa shape index (κ1) is 14.1. The van der Waals surface area contributed by atoms with Gasteiger partial charge in [0.1, 0.15) is 16.5 Å². The van der Waals surface area contributed by atoms with Crippen molar-refractivity contribution >= 4 is 17.2 Å². The molecule has 0 N–H and O–H groups in total. The van der Waals surface area contributed by atoms with Crippen molar-refractivity contribution in [3.8, 4) is 11.5 Å². The van der Waals surface area contributed by atoms with E-state index in [-0.39, 0.29) is 0 Å². The van der Waals surface area contributed by atoms with Crippen molar-refractivity contribution < 1.29 is 9.47 Å².